The first-order valence-corrected chi connectivity index (χ1v) is 8.24. The van der Waals surface area contributed by atoms with E-state index in [-0.39, 0.29) is 18.6 Å². The summed E-state index contributed by atoms with van der Waals surface area (Å²) >= 11 is 4.83. The highest BCUT2D eigenvalue weighted by molar-refractivity contribution is 9.11. The quantitative estimate of drug-likeness (QED) is 0.858. The first-order chi connectivity index (χ1) is 9.19. The van der Waals surface area contributed by atoms with Crippen LogP contribution < -0.4 is 5.32 Å². The van der Waals surface area contributed by atoms with Crippen molar-refractivity contribution in [1.29, 1.82) is 0 Å². The zero-order chi connectivity index (χ0) is 13.7. The lowest BCUT2D eigenvalue weighted by Crippen LogP contribution is -2.47. The van der Waals surface area contributed by atoms with Crippen LogP contribution in [-0.2, 0) is 0 Å². The van der Waals surface area contributed by atoms with Crippen molar-refractivity contribution in [2.24, 2.45) is 0 Å². The topological polar surface area (TPSA) is 52.6 Å². The maximum Gasteiger partial charge on any atom is 0.252 e. The number of halogens is 1. The lowest BCUT2D eigenvalue weighted by atomic mass is 10.1. The molecule has 1 aromatic heterocycles. The summed E-state index contributed by atoms with van der Waals surface area (Å²) in [5.41, 5.74) is 0.647. The molecule has 19 heavy (non-hydrogen) atoms. The lowest BCUT2D eigenvalue weighted by molar-refractivity contribution is 0.0887. The Balaban J connectivity index is 1.85. The molecule has 1 amide bonds. The summed E-state index contributed by atoms with van der Waals surface area (Å²) in [4.78, 5) is 14.3. The smallest absolute Gasteiger partial charge is 0.252 e. The van der Waals surface area contributed by atoms with E-state index in [1.807, 2.05) is 5.38 Å². The van der Waals surface area contributed by atoms with Gasteiger partial charge in [-0.1, -0.05) is 6.42 Å². The molecule has 106 valence electrons. The van der Waals surface area contributed by atoms with Crippen molar-refractivity contribution in [1.82, 2.24) is 10.2 Å². The van der Waals surface area contributed by atoms with E-state index in [1.165, 1.54) is 30.6 Å². The SMILES string of the molecule is O=C(NC(CO)CN1CCCCC1)c1csc(Br)c1. The predicted octanol–water partition coefficient (Wildman–Crippen LogP) is 2.09. The number of aliphatic hydroxyl groups excluding tert-OH is 1. The van der Waals surface area contributed by atoms with Gasteiger partial charge in [0.2, 0.25) is 0 Å². The number of hydrogen-bond donors (Lipinski definition) is 2. The van der Waals surface area contributed by atoms with Crippen molar-refractivity contribution >= 4 is 33.2 Å². The second-order valence-corrected chi connectivity index (χ2v) is 7.14. The minimum atomic E-state index is -0.190. The Morgan fingerprint density at radius 2 is 2.21 bits per heavy atom. The highest BCUT2D eigenvalue weighted by Gasteiger charge is 2.18. The molecule has 0 radical (unpaired) electrons. The molecule has 2 rings (SSSR count). The van der Waals surface area contributed by atoms with Gasteiger partial charge in [0.15, 0.2) is 0 Å². The van der Waals surface area contributed by atoms with Gasteiger partial charge in [-0.25, -0.2) is 0 Å². The summed E-state index contributed by atoms with van der Waals surface area (Å²) in [6, 6.07) is 1.61. The van der Waals surface area contributed by atoms with Crippen molar-refractivity contribution in [2.45, 2.75) is 25.3 Å². The van der Waals surface area contributed by atoms with Crippen molar-refractivity contribution in [3.05, 3.63) is 20.8 Å². The number of aliphatic hydroxyl groups is 1. The molecule has 2 heterocycles. The fourth-order valence-electron chi connectivity index (χ4n) is 2.30. The summed E-state index contributed by atoms with van der Waals surface area (Å²) in [7, 11) is 0. The van der Waals surface area contributed by atoms with E-state index in [4.69, 9.17) is 0 Å². The number of amides is 1. The molecule has 1 fully saturated rings. The van der Waals surface area contributed by atoms with Gasteiger partial charge in [0.25, 0.3) is 5.91 Å². The standard InChI is InChI=1S/C13H19BrN2O2S/c14-12-6-10(9-19-12)13(18)15-11(8-17)7-16-4-2-1-3-5-16/h6,9,11,17H,1-5,7-8H2,(H,15,18). The van der Waals surface area contributed by atoms with Crippen LogP contribution in [0.1, 0.15) is 29.6 Å². The second kappa shape index (κ2) is 7.38. The van der Waals surface area contributed by atoms with E-state index in [0.29, 0.717) is 5.56 Å². The van der Waals surface area contributed by atoms with Crippen LogP contribution in [-0.4, -0.2) is 48.2 Å². The molecule has 1 aromatic rings. The summed E-state index contributed by atoms with van der Waals surface area (Å²) in [5.74, 6) is -0.113. The van der Waals surface area contributed by atoms with Gasteiger partial charge in [-0.3, -0.25) is 4.79 Å². The van der Waals surface area contributed by atoms with Crippen LogP contribution in [0.3, 0.4) is 0 Å². The molecule has 1 atom stereocenters. The molecule has 0 aliphatic carbocycles. The van der Waals surface area contributed by atoms with Gasteiger partial charge in [-0.2, -0.15) is 0 Å². The highest BCUT2D eigenvalue weighted by Crippen LogP contribution is 2.20. The molecule has 1 aliphatic heterocycles. The van der Waals surface area contributed by atoms with Gasteiger partial charge >= 0.3 is 0 Å². The van der Waals surface area contributed by atoms with Crippen molar-refractivity contribution in [3.63, 3.8) is 0 Å². The number of hydrogen-bond acceptors (Lipinski definition) is 4. The zero-order valence-electron chi connectivity index (χ0n) is 10.8. The Bertz CT molecular complexity index is 419. The van der Waals surface area contributed by atoms with E-state index in [0.717, 1.165) is 23.4 Å². The summed E-state index contributed by atoms with van der Waals surface area (Å²) in [5, 5.41) is 14.1. The second-order valence-electron chi connectivity index (χ2n) is 4.85. The van der Waals surface area contributed by atoms with E-state index < -0.39 is 0 Å². The maximum atomic E-state index is 12.0. The molecular weight excluding hydrogens is 328 g/mol. The number of nitrogens with one attached hydrogen (secondary N) is 1. The molecule has 0 aromatic carbocycles. The number of carbonyl (C=O) groups excluding carboxylic acids is 1. The molecule has 4 nitrogen and oxygen atoms in total. The van der Waals surface area contributed by atoms with Crippen LogP contribution in [0.4, 0.5) is 0 Å². The van der Waals surface area contributed by atoms with Crippen molar-refractivity contribution in [2.75, 3.05) is 26.2 Å². The molecule has 1 saturated heterocycles. The van der Waals surface area contributed by atoms with Crippen LogP contribution in [0.2, 0.25) is 0 Å². The largest absolute Gasteiger partial charge is 0.394 e. The maximum absolute atomic E-state index is 12.0. The van der Waals surface area contributed by atoms with E-state index in [1.54, 1.807) is 6.07 Å². The van der Waals surface area contributed by atoms with Gasteiger partial charge in [0.1, 0.15) is 0 Å². The van der Waals surface area contributed by atoms with Gasteiger partial charge in [0, 0.05) is 11.9 Å². The van der Waals surface area contributed by atoms with Gasteiger partial charge < -0.3 is 15.3 Å². The Morgan fingerprint density at radius 1 is 1.47 bits per heavy atom. The highest BCUT2D eigenvalue weighted by atomic mass is 79.9. The Hall–Kier alpha value is -0.430. The van der Waals surface area contributed by atoms with Gasteiger partial charge in [-0.15, -0.1) is 11.3 Å². The van der Waals surface area contributed by atoms with Crippen LogP contribution in [0.5, 0.6) is 0 Å². The van der Waals surface area contributed by atoms with Crippen LogP contribution >= 0.6 is 27.3 Å². The minimum Gasteiger partial charge on any atom is -0.394 e. The van der Waals surface area contributed by atoms with Crippen LogP contribution in [0, 0.1) is 0 Å². The third kappa shape index (κ3) is 4.56. The molecule has 2 N–H and O–H groups in total. The van der Waals surface area contributed by atoms with Crippen molar-refractivity contribution in [3.8, 4) is 0 Å². The normalized spacial score (nSPS) is 18.2. The lowest BCUT2D eigenvalue weighted by Gasteiger charge is -2.30. The summed E-state index contributed by atoms with van der Waals surface area (Å²) < 4.78 is 0.939. The minimum absolute atomic E-state index is 0.0203. The summed E-state index contributed by atoms with van der Waals surface area (Å²) in [6.45, 7) is 2.84. The van der Waals surface area contributed by atoms with E-state index in [2.05, 4.69) is 26.1 Å². The number of thiophene rings is 1. The number of piperidine rings is 1. The van der Waals surface area contributed by atoms with Gasteiger partial charge in [0.05, 0.1) is 22.0 Å². The first-order valence-electron chi connectivity index (χ1n) is 6.57. The molecular formula is C13H19BrN2O2S. The van der Waals surface area contributed by atoms with E-state index >= 15 is 0 Å². The monoisotopic (exact) mass is 346 g/mol. The molecule has 6 heteroatoms. The zero-order valence-corrected chi connectivity index (χ0v) is 13.2. The van der Waals surface area contributed by atoms with Gasteiger partial charge in [-0.05, 0) is 47.9 Å². The number of carbonyl (C=O) groups is 1. The first kappa shape index (κ1) is 15.0. The average molecular weight is 347 g/mol. The molecule has 1 aliphatic rings. The Kier molecular flexibility index (Phi) is 5.81. The van der Waals surface area contributed by atoms with E-state index in [9.17, 15) is 9.90 Å². The predicted molar refractivity (Wildman–Crippen MR) is 80.7 cm³/mol. The molecule has 0 spiro atoms. The average Bonchev–Trinajstić information content (AvgIpc) is 2.86. The molecule has 1 unspecified atom stereocenters. The Morgan fingerprint density at radius 3 is 2.79 bits per heavy atom. The van der Waals surface area contributed by atoms with Crippen LogP contribution in [0.25, 0.3) is 0 Å². The molecule has 0 bridgehead atoms. The fourth-order valence-corrected chi connectivity index (χ4v) is 3.44. The fraction of sp³-hybridized carbons (Fsp3) is 0.615. The number of likely N-dealkylation sites (tertiary alicyclic amines) is 1. The third-order valence-corrected chi connectivity index (χ3v) is 4.82. The number of nitrogens with zero attached hydrogens (tertiary/aromatic N) is 1. The summed E-state index contributed by atoms with van der Waals surface area (Å²) in [6.07, 6.45) is 3.71. The molecule has 0 saturated carbocycles. The third-order valence-electron chi connectivity index (χ3n) is 3.31. The number of rotatable bonds is 5. The van der Waals surface area contributed by atoms with Crippen molar-refractivity contribution < 1.29 is 9.90 Å². The Labute approximate surface area is 125 Å². The van der Waals surface area contributed by atoms with Crippen LogP contribution in [0.15, 0.2) is 15.2 Å².